The molecule has 2 fully saturated rings. The number of nitrogen functional groups attached to an aromatic ring is 1. The minimum absolute atomic E-state index is 0.786. The summed E-state index contributed by atoms with van der Waals surface area (Å²) in [5.41, 5.74) is 7.96. The van der Waals surface area contributed by atoms with E-state index >= 15 is 0 Å². The molecule has 0 spiro atoms. The summed E-state index contributed by atoms with van der Waals surface area (Å²) in [6.07, 6.45) is 8.16. The van der Waals surface area contributed by atoms with Gasteiger partial charge in [-0.05, 0) is 37.9 Å². The van der Waals surface area contributed by atoms with Gasteiger partial charge in [0.05, 0.1) is 12.3 Å². The number of anilines is 2. The number of ether oxygens (including phenoxy) is 1. The number of rotatable bonds is 6. The predicted octanol–water partition coefficient (Wildman–Crippen LogP) is 3.37. The van der Waals surface area contributed by atoms with Gasteiger partial charge in [-0.3, -0.25) is 0 Å². The van der Waals surface area contributed by atoms with E-state index in [1.54, 1.807) is 0 Å². The molecule has 0 atom stereocenters. The highest BCUT2D eigenvalue weighted by molar-refractivity contribution is 5.64. The van der Waals surface area contributed by atoms with E-state index in [1.807, 2.05) is 12.1 Å². The minimum Gasteiger partial charge on any atom is -0.491 e. The van der Waals surface area contributed by atoms with Crippen molar-refractivity contribution in [3.05, 3.63) is 18.2 Å². The molecule has 0 unspecified atom stereocenters. The maximum absolute atomic E-state index is 6.12. The molecule has 3 rings (SSSR count). The van der Waals surface area contributed by atoms with Crippen LogP contribution in [0.3, 0.4) is 0 Å². The van der Waals surface area contributed by atoms with Crippen molar-refractivity contribution < 1.29 is 4.74 Å². The Morgan fingerprint density at radius 2 is 1.87 bits per heavy atom. The van der Waals surface area contributed by atoms with Crippen LogP contribution >= 0.6 is 0 Å². The summed E-state index contributed by atoms with van der Waals surface area (Å²) in [6.45, 7) is 5.12. The first-order valence-corrected chi connectivity index (χ1v) is 9.18. The Hall–Kier alpha value is -1.42. The molecule has 23 heavy (non-hydrogen) atoms. The van der Waals surface area contributed by atoms with Gasteiger partial charge >= 0.3 is 0 Å². The van der Waals surface area contributed by atoms with E-state index in [2.05, 4.69) is 22.9 Å². The second kappa shape index (κ2) is 7.91. The number of benzene rings is 1. The van der Waals surface area contributed by atoms with E-state index in [4.69, 9.17) is 10.5 Å². The van der Waals surface area contributed by atoms with Gasteiger partial charge in [-0.25, -0.2) is 0 Å². The van der Waals surface area contributed by atoms with Crippen LogP contribution < -0.4 is 15.4 Å². The molecule has 1 aliphatic heterocycles. The number of hydrogen-bond acceptors (Lipinski definition) is 4. The highest BCUT2D eigenvalue weighted by Crippen LogP contribution is 2.32. The highest BCUT2D eigenvalue weighted by Gasteiger charge is 2.18. The lowest BCUT2D eigenvalue weighted by molar-refractivity contribution is 0.288. The normalized spacial score (nSPS) is 20.1. The molecule has 128 valence electrons. The molecule has 0 radical (unpaired) electrons. The third-order valence-electron chi connectivity index (χ3n) is 5.32. The molecule has 1 aliphatic carbocycles. The maximum Gasteiger partial charge on any atom is 0.144 e. The number of nitrogens with two attached hydrogens (primary N) is 1. The molecule has 2 N–H and O–H groups in total. The zero-order valence-electron chi connectivity index (χ0n) is 14.5. The Morgan fingerprint density at radius 1 is 1.13 bits per heavy atom. The summed E-state index contributed by atoms with van der Waals surface area (Å²) >= 11 is 0. The van der Waals surface area contributed by atoms with Crippen molar-refractivity contribution in [2.75, 3.05) is 50.5 Å². The third kappa shape index (κ3) is 4.54. The van der Waals surface area contributed by atoms with E-state index < -0.39 is 0 Å². The van der Waals surface area contributed by atoms with Crippen LogP contribution in [-0.2, 0) is 0 Å². The minimum atomic E-state index is 0.786. The van der Waals surface area contributed by atoms with Crippen molar-refractivity contribution in [3.8, 4) is 5.75 Å². The van der Waals surface area contributed by atoms with Crippen molar-refractivity contribution in [1.82, 2.24) is 4.90 Å². The lowest BCUT2D eigenvalue weighted by Gasteiger charge is -2.35. The summed E-state index contributed by atoms with van der Waals surface area (Å²) < 4.78 is 6.12. The Labute approximate surface area is 140 Å². The first-order chi connectivity index (χ1) is 11.2. The number of nitrogens with zero attached hydrogens (tertiary/aromatic N) is 2. The summed E-state index contributed by atoms with van der Waals surface area (Å²) in [4.78, 5) is 4.79. The summed E-state index contributed by atoms with van der Waals surface area (Å²) in [7, 11) is 2.18. The zero-order chi connectivity index (χ0) is 16.1. The zero-order valence-corrected chi connectivity index (χ0v) is 14.5. The van der Waals surface area contributed by atoms with Gasteiger partial charge < -0.3 is 20.3 Å². The molecule has 1 heterocycles. The van der Waals surface area contributed by atoms with Crippen LogP contribution in [0, 0.1) is 5.92 Å². The van der Waals surface area contributed by atoms with Gasteiger partial charge in [0.1, 0.15) is 5.75 Å². The quantitative estimate of drug-likeness (QED) is 0.645. The smallest absolute Gasteiger partial charge is 0.144 e. The van der Waals surface area contributed by atoms with Crippen molar-refractivity contribution in [2.45, 2.75) is 38.5 Å². The molecule has 0 aromatic heterocycles. The fourth-order valence-electron chi connectivity index (χ4n) is 3.81. The third-order valence-corrected chi connectivity index (χ3v) is 5.32. The molecule has 1 aromatic rings. The Morgan fingerprint density at radius 3 is 2.61 bits per heavy atom. The summed E-state index contributed by atoms with van der Waals surface area (Å²) in [6, 6.07) is 6.09. The molecule has 4 nitrogen and oxygen atoms in total. The van der Waals surface area contributed by atoms with E-state index in [0.29, 0.717) is 0 Å². The first kappa shape index (κ1) is 16.4. The van der Waals surface area contributed by atoms with E-state index in [9.17, 15) is 0 Å². The lowest BCUT2D eigenvalue weighted by Crippen LogP contribution is -2.44. The van der Waals surface area contributed by atoms with E-state index in [-0.39, 0.29) is 0 Å². The second-order valence-electron chi connectivity index (χ2n) is 7.16. The van der Waals surface area contributed by atoms with Gasteiger partial charge in [0, 0.05) is 37.9 Å². The van der Waals surface area contributed by atoms with E-state index in [1.165, 1.54) is 37.8 Å². The lowest BCUT2D eigenvalue weighted by atomic mass is 10.0. The molecule has 0 amide bonds. The van der Waals surface area contributed by atoms with Crippen molar-refractivity contribution in [1.29, 1.82) is 0 Å². The van der Waals surface area contributed by atoms with Crippen molar-refractivity contribution in [2.24, 2.45) is 5.92 Å². The van der Waals surface area contributed by atoms with Crippen LogP contribution in [-0.4, -0.2) is 44.7 Å². The number of piperazine rings is 1. The number of likely N-dealkylation sites (N-methyl/N-ethyl adjacent to an activating group) is 1. The monoisotopic (exact) mass is 317 g/mol. The average molecular weight is 317 g/mol. The van der Waals surface area contributed by atoms with Crippen LogP contribution in [0.5, 0.6) is 5.75 Å². The largest absolute Gasteiger partial charge is 0.491 e. The van der Waals surface area contributed by atoms with Crippen LogP contribution in [0.15, 0.2) is 18.2 Å². The predicted molar refractivity (Wildman–Crippen MR) is 97.3 cm³/mol. The van der Waals surface area contributed by atoms with E-state index in [0.717, 1.165) is 56.6 Å². The van der Waals surface area contributed by atoms with Crippen LogP contribution in [0.25, 0.3) is 0 Å². The van der Waals surface area contributed by atoms with Gasteiger partial charge in [-0.2, -0.15) is 0 Å². The molecular weight excluding hydrogens is 286 g/mol. The topological polar surface area (TPSA) is 41.7 Å². The highest BCUT2D eigenvalue weighted by atomic mass is 16.5. The fourth-order valence-corrected chi connectivity index (χ4v) is 3.81. The Bertz CT molecular complexity index is 491. The molecule has 0 bridgehead atoms. The molecule has 1 saturated heterocycles. The molecule has 1 aromatic carbocycles. The molecule has 1 saturated carbocycles. The average Bonchev–Trinajstić information content (AvgIpc) is 3.06. The van der Waals surface area contributed by atoms with Crippen molar-refractivity contribution in [3.63, 3.8) is 0 Å². The van der Waals surface area contributed by atoms with Gasteiger partial charge in [-0.1, -0.05) is 25.7 Å². The van der Waals surface area contributed by atoms with Gasteiger partial charge in [0.25, 0.3) is 0 Å². The van der Waals surface area contributed by atoms with Gasteiger partial charge in [-0.15, -0.1) is 0 Å². The van der Waals surface area contributed by atoms with Gasteiger partial charge in [0.15, 0.2) is 0 Å². The summed E-state index contributed by atoms with van der Waals surface area (Å²) in [5.74, 6) is 1.90. The Kier molecular flexibility index (Phi) is 5.65. The van der Waals surface area contributed by atoms with Crippen LogP contribution in [0.2, 0.25) is 0 Å². The SMILES string of the molecule is CN1CCN(c2ccc(N)cc2OCCCC2CCCC2)CC1. The standard InChI is InChI=1S/C19H31N3O/c1-21-10-12-22(13-11-21)18-9-8-17(20)15-19(18)23-14-4-7-16-5-2-3-6-16/h8-9,15-16H,2-7,10-14,20H2,1H3. The van der Waals surface area contributed by atoms with Crippen LogP contribution in [0.4, 0.5) is 11.4 Å². The number of hydrogen-bond donors (Lipinski definition) is 1. The first-order valence-electron chi connectivity index (χ1n) is 9.18. The van der Waals surface area contributed by atoms with Gasteiger partial charge in [0.2, 0.25) is 0 Å². The Balaban J connectivity index is 1.55. The summed E-state index contributed by atoms with van der Waals surface area (Å²) in [5, 5.41) is 0. The fraction of sp³-hybridized carbons (Fsp3) is 0.684. The molecule has 2 aliphatic rings. The second-order valence-corrected chi connectivity index (χ2v) is 7.16. The van der Waals surface area contributed by atoms with Crippen LogP contribution in [0.1, 0.15) is 38.5 Å². The maximum atomic E-state index is 6.12. The molecular formula is C19H31N3O. The van der Waals surface area contributed by atoms with Crippen molar-refractivity contribution >= 4 is 11.4 Å². The molecule has 4 heteroatoms.